The maximum absolute atomic E-state index is 5.69. The molecule has 0 aliphatic carbocycles. The summed E-state index contributed by atoms with van der Waals surface area (Å²) in [6.07, 6.45) is 0.199. The first-order valence-corrected chi connectivity index (χ1v) is 6.19. The Hall–Kier alpha value is -1.06. The molecule has 3 nitrogen and oxygen atoms in total. The summed E-state index contributed by atoms with van der Waals surface area (Å²) in [5.74, 6) is 0.911. The Kier molecular flexibility index (Phi) is 6.01. The lowest BCUT2D eigenvalue weighted by Crippen LogP contribution is -2.21. The maximum Gasteiger partial charge on any atom is 0.120 e. The van der Waals surface area contributed by atoms with Crippen LogP contribution >= 0.6 is 0 Å². The van der Waals surface area contributed by atoms with Gasteiger partial charge in [-0.15, -0.1) is 0 Å². The van der Waals surface area contributed by atoms with Crippen molar-refractivity contribution in [3.05, 3.63) is 29.8 Å². The summed E-state index contributed by atoms with van der Waals surface area (Å²) in [7, 11) is 1.94. The van der Waals surface area contributed by atoms with Gasteiger partial charge in [0.25, 0.3) is 0 Å². The van der Waals surface area contributed by atoms with Crippen LogP contribution in [0.3, 0.4) is 0 Å². The molecule has 0 spiro atoms. The summed E-state index contributed by atoms with van der Waals surface area (Å²) < 4.78 is 11.1. The normalized spacial score (nSPS) is 12.8. The molecule has 0 amide bonds. The van der Waals surface area contributed by atoms with Crippen LogP contribution < -0.4 is 10.1 Å². The van der Waals surface area contributed by atoms with Crippen molar-refractivity contribution in [2.24, 2.45) is 0 Å². The molecular formula is C14H23NO2. The van der Waals surface area contributed by atoms with E-state index in [1.54, 1.807) is 0 Å². The van der Waals surface area contributed by atoms with Crippen molar-refractivity contribution in [1.82, 2.24) is 5.32 Å². The van der Waals surface area contributed by atoms with Crippen LogP contribution in [0.4, 0.5) is 0 Å². The largest absolute Gasteiger partial charge is 0.491 e. The number of likely N-dealkylation sites (N-methyl/N-ethyl adjacent to an activating group) is 1. The first-order valence-electron chi connectivity index (χ1n) is 6.19. The van der Waals surface area contributed by atoms with E-state index in [4.69, 9.17) is 9.47 Å². The van der Waals surface area contributed by atoms with E-state index >= 15 is 0 Å². The van der Waals surface area contributed by atoms with E-state index in [0.29, 0.717) is 6.61 Å². The minimum atomic E-state index is 0.199. The summed E-state index contributed by atoms with van der Waals surface area (Å²) in [4.78, 5) is 0. The molecule has 0 heterocycles. The molecule has 0 radical (unpaired) electrons. The van der Waals surface area contributed by atoms with Gasteiger partial charge in [0.2, 0.25) is 0 Å². The first kappa shape index (κ1) is 14.0. The van der Waals surface area contributed by atoms with Gasteiger partial charge in [-0.05, 0) is 45.5 Å². The molecule has 1 N–H and O–H groups in total. The van der Waals surface area contributed by atoms with Crippen molar-refractivity contribution in [2.45, 2.75) is 32.9 Å². The van der Waals surface area contributed by atoms with Crippen molar-refractivity contribution in [3.63, 3.8) is 0 Å². The van der Waals surface area contributed by atoms with E-state index in [0.717, 1.165) is 12.4 Å². The third-order valence-corrected chi connectivity index (χ3v) is 2.47. The minimum absolute atomic E-state index is 0.199. The molecule has 0 aliphatic rings. The molecule has 0 saturated carbocycles. The van der Waals surface area contributed by atoms with Gasteiger partial charge in [0, 0.05) is 6.61 Å². The molecule has 96 valence electrons. The average molecular weight is 237 g/mol. The van der Waals surface area contributed by atoms with Gasteiger partial charge in [-0.2, -0.15) is 0 Å². The molecule has 0 bridgehead atoms. The molecule has 1 aromatic carbocycles. The Morgan fingerprint density at radius 3 is 2.65 bits per heavy atom. The molecule has 0 aliphatic heterocycles. The number of rotatable bonds is 7. The fraction of sp³-hybridized carbons (Fsp3) is 0.571. The van der Waals surface area contributed by atoms with Crippen LogP contribution in [0, 0.1) is 0 Å². The predicted molar refractivity (Wildman–Crippen MR) is 70.5 cm³/mol. The van der Waals surface area contributed by atoms with E-state index in [-0.39, 0.29) is 12.1 Å². The number of benzene rings is 1. The molecule has 1 atom stereocenters. The second kappa shape index (κ2) is 7.30. The maximum atomic E-state index is 5.69. The molecule has 1 rings (SSSR count). The molecule has 1 aromatic rings. The van der Waals surface area contributed by atoms with Gasteiger partial charge in [0.15, 0.2) is 0 Å². The molecule has 3 heteroatoms. The van der Waals surface area contributed by atoms with Crippen LogP contribution in [-0.2, 0) is 4.74 Å². The van der Waals surface area contributed by atoms with Gasteiger partial charge in [0.05, 0.1) is 18.8 Å². The zero-order chi connectivity index (χ0) is 12.7. The lowest BCUT2D eigenvalue weighted by Gasteiger charge is -2.18. The second-order valence-corrected chi connectivity index (χ2v) is 4.24. The van der Waals surface area contributed by atoms with Crippen LogP contribution in [0.2, 0.25) is 0 Å². The van der Waals surface area contributed by atoms with Gasteiger partial charge in [-0.3, -0.25) is 0 Å². The van der Waals surface area contributed by atoms with E-state index in [1.807, 2.05) is 40.0 Å². The van der Waals surface area contributed by atoms with E-state index in [1.165, 1.54) is 5.56 Å². The van der Waals surface area contributed by atoms with Gasteiger partial charge < -0.3 is 14.8 Å². The van der Waals surface area contributed by atoms with Gasteiger partial charge >= 0.3 is 0 Å². The summed E-state index contributed by atoms with van der Waals surface area (Å²) in [6.45, 7) is 7.48. The summed E-state index contributed by atoms with van der Waals surface area (Å²) in [6, 6.07) is 8.37. The Labute approximate surface area is 104 Å². The number of ether oxygens (including phenoxy) is 2. The standard InChI is InChI=1S/C14H23NO2/c1-5-16-10-14(15-4)12-7-6-8-13(9-12)17-11(2)3/h6-9,11,14-15H,5,10H2,1-4H3. The highest BCUT2D eigenvalue weighted by atomic mass is 16.5. The molecule has 1 unspecified atom stereocenters. The topological polar surface area (TPSA) is 30.5 Å². The molecule has 0 aromatic heterocycles. The minimum Gasteiger partial charge on any atom is -0.491 e. The van der Waals surface area contributed by atoms with Crippen LogP contribution in [-0.4, -0.2) is 26.4 Å². The average Bonchev–Trinajstić information content (AvgIpc) is 2.30. The summed E-state index contributed by atoms with van der Waals surface area (Å²) in [5, 5.41) is 3.25. The quantitative estimate of drug-likeness (QED) is 0.791. The van der Waals surface area contributed by atoms with E-state index in [2.05, 4.69) is 17.4 Å². The van der Waals surface area contributed by atoms with Gasteiger partial charge in [-0.25, -0.2) is 0 Å². The second-order valence-electron chi connectivity index (χ2n) is 4.24. The Balaban J connectivity index is 2.73. The van der Waals surface area contributed by atoms with Gasteiger partial charge in [0.1, 0.15) is 5.75 Å². The first-order chi connectivity index (χ1) is 8.17. The lowest BCUT2D eigenvalue weighted by molar-refractivity contribution is 0.125. The highest BCUT2D eigenvalue weighted by molar-refractivity contribution is 5.30. The fourth-order valence-corrected chi connectivity index (χ4v) is 1.66. The number of hydrogen-bond donors (Lipinski definition) is 1. The Morgan fingerprint density at radius 2 is 2.06 bits per heavy atom. The van der Waals surface area contributed by atoms with E-state index < -0.39 is 0 Å². The Morgan fingerprint density at radius 1 is 1.29 bits per heavy atom. The Bertz CT molecular complexity index is 326. The lowest BCUT2D eigenvalue weighted by atomic mass is 10.1. The third-order valence-electron chi connectivity index (χ3n) is 2.47. The molecular weight excluding hydrogens is 214 g/mol. The predicted octanol–water partition coefficient (Wildman–Crippen LogP) is 2.77. The number of hydrogen-bond acceptors (Lipinski definition) is 3. The highest BCUT2D eigenvalue weighted by Crippen LogP contribution is 2.20. The zero-order valence-corrected chi connectivity index (χ0v) is 11.2. The van der Waals surface area contributed by atoms with Crippen LogP contribution in [0.25, 0.3) is 0 Å². The monoisotopic (exact) mass is 237 g/mol. The number of nitrogens with one attached hydrogen (secondary N) is 1. The summed E-state index contributed by atoms with van der Waals surface area (Å²) in [5.41, 5.74) is 1.19. The highest BCUT2D eigenvalue weighted by Gasteiger charge is 2.10. The van der Waals surface area contributed by atoms with Gasteiger partial charge in [-0.1, -0.05) is 12.1 Å². The van der Waals surface area contributed by atoms with Crippen molar-refractivity contribution < 1.29 is 9.47 Å². The van der Waals surface area contributed by atoms with Crippen molar-refractivity contribution >= 4 is 0 Å². The SMILES string of the molecule is CCOCC(NC)c1cccc(OC(C)C)c1. The van der Waals surface area contributed by atoms with Crippen LogP contribution in [0.1, 0.15) is 32.4 Å². The molecule has 17 heavy (non-hydrogen) atoms. The van der Waals surface area contributed by atoms with E-state index in [9.17, 15) is 0 Å². The summed E-state index contributed by atoms with van der Waals surface area (Å²) >= 11 is 0. The molecule has 0 fully saturated rings. The molecule has 0 saturated heterocycles. The smallest absolute Gasteiger partial charge is 0.120 e. The third kappa shape index (κ3) is 4.75. The van der Waals surface area contributed by atoms with Crippen LogP contribution in [0.5, 0.6) is 5.75 Å². The van der Waals surface area contributed by atoms with Crippen molar-refractivity contribution in [3.8, 4) is 5.75 Å². The zero-order valence-electron chi connectivity index (χ0n) is 11.2. The van der Waals surface area contributed by atoms with Crippen LogP contribution in [0.15, 0.2) is 24.3 Å². The van der Waals surface area contributed by atoms with Crippen molar-refractivity contribution in [1.29, 1.82) is 0 Å². The fourth-order valence-electron chi connectivity index (χ4n) is 1.66. The van der Waals surface area contributed by atoms with Crippen molar-refractivity contribution in [2.75, 3.05) is 20.3 Å².